The van der Waals surface area contributed by atoms with Crippen LogP contribution in [0, 0.1) is 0 Å². The summed E-state index contributed by atoms with van der Waals surface area (Å²) in [6.07, 6.45) is 0. The smallest absolute Gasteiger partial charge is 0.436 e. The van der Waals surface area contributed by atoms with E-state index in [1.807, 2.05) is 0 Å². The minimum absolute atomic E-state index is 0.941. The van der Waals surface area contributed by atoms with E-state index in [4.69, 9.17) is 5.26 Å². The minimum atomic E-state index is -2.63. The monoisotopic (exact) mass is 290 g/mol. The zero-order chi connectivity index (χ0) is 15.4. The van der Waals surface area contributed by atoms with Crippen molar-refractivity contribution in [3.8, 4) is 23.0 Å². The van der Waals surface area contributed by atoms with E-state index < -0.39 is 56.5 Å². The Kier molecular flexibility index (Phi) is 2.66. The van der Waals surface area contributed by atoms with Gasteiger partial charge in [0.1, 0.15) is 5.56 Å². The molecule has 11 nitrogen and oxygen atoms in total. The third kappa shape index (κ3) is 1.39. The summed E-state index contributed by atoms with van der Waals surface area (Å²) in [4.78, 5) is 11.8. The van der Waals surface area contributed by atoms with Crippen molar-refractivity contribution in [2.75, 3.05) is 0 Å². The van der Waals surface area contributed by atoms with Crippen LogP contribution in [-0.2, 0) is 9.68 Å². The van der Waals surface area contributed by atoms with Crippen LogP contribution in [0.4, 0.5) is 5.69 Å². The highest BCUT2D eigenvalue weighted by atomic mass is 17.1. The lowest BCUT2D eigenvalue weighted by Crippen LogP contribution is -2.42. The molecule has 0 saturated heterocycles. The average molecular weight is 290 g/mol. The summed E-state index contributed by atoms with van der Waals surface area (Å²) in [7, 11) is 0. The summed E-state index contributed by atoms with van der Waals surface area (Å²) in [6, 6.07) is 0. The van der Waals surface area contributed by atoms with Gasteiger partial charge in [-0.15, -0.1) is 0 Å². The Morgan fingerprint density at radius 1 is 0.900 bits per heavy atom. The topological polar surface area (TPSA) is 188 Å². The molecule has 0 aromatic heterocycles. The first-order valence-electron chi connectivity index (χ1n) is 4.81. The highest BCUT2D eigenvalue weighted by Crippen LogP contribution is 2.58. The maximum Gasteiger partial charge on any atom is 0.436 e. The van der Waals surface area contributed by atoms with Crippen LogP contribution in [0.3, 0.4) is 0 Å². The molecule has 0 saturated carbocycles. The predicted octanol–water partition coefficient (Wildman–Crippen LogP) is -0.149. The molecule has 20 heavy (non-hydrogen) atoms. The average Bonchev–Trinajstić information content (AvgIpc) is 2.59. The van der Waals surface area contributed by atoms with Crippen molar-refractivity contribution >= 4 is 17.4 Å². The Balaban J connectivity index is 2.91. The number of fused-ring (bicyclic) bond motifs is 1. The van der Waals surface area contributed by atoms with Gasteiger partial charge in [-0.1, -0.05) is 0 Å². The zero-order valence-electron chi connectivity index (χ0n) is 9.34. The van der Waals surface area contributed by atoms with Gasteiger partial charge in [0.2, 0.25) is 23.0 Å². The molecule has 2 rings (SSSR count). The Labute approximate surface area is 108 Å². The second-order valence-corrected chi connectivity index (χ2v) is 3.80. The molecule has 8 N–H and O–H groups in total. The van der Waals surface area contributed by atoms with E-state index in [0.717, 1.165) is 0 Å². The number of aliphatic hydroxyl groups is 1. The normalized spacial score (nSPS) is 16.1. The molecular formula is C9H8NO10+. The SMILES string of the molecule is O=C(OO)C1=C(O)c2c(O)c(O)c(O)c(O)c2[N+]1(O)O. The molecule has 1 aromatic rings. The summed E-state index contributed by atoms with van der Waals surface area (Å²) in [5.41, 5.74) is -3.46. The summed E-state index contributed by atoms with van der Waals surface area (Å²) in [5.74, 6) is -8.27. The number of hydrogen-bond acceptors (Lipinski definition) is 10. The molecule has 0 radical (unpaired) electrons. The van der Waals surface area contributed by atoms with E-state index in [0.29, 0.717) is 0 Å². The fourth-order valence-electron chi connectivity index (χ4n) is 1.86. The Bertz CT molecular complexity index is 661. The molecule has 0 bridgehead atoms. The summed E-state index contributed by atoms with van der Waals surface area (Å²) < 4.78 is 0. The number of hydrogen-bond donors (Lipinski definition) is 8. The predicted molar refractivity (Wildman–Crippen MR) is 56.7 cm³/mol. The maximum absolute atomic E-state index is 11.2. The van der Waals surface area contributed by atoms with Crippen molar-refractivity contribution in [2.24, 2.45) is 0 Å². The van der Waals surface area contributed by atoms with Crippen molar-refractivity contribution in [2.45, 2.75) is 0 Å². The van der Waals surface area contributed by atoms with Gasteiger partial charge in [-0.2, -0.15) is 15.7 Å². The number of aliphatic hydroxyl groups excluding tert-OH is 1. The number of aromatic hydroxyl groups is 4. The fraction of sp³-hybridized carbons (Fsp3) is 0. The molecular weight excluding hydrogens is 282 g/mol. The number of benzene rings is 1. The lowest BCUT2D eigenvalue weighted by atomic mass is 10.1. The van der Waals surface area contributed by atoms with Crippen LogP contribution in [0.1, 0.15) is 5.56 Å². The van der Waals surface area contributed by atoms with Gasteiger partial charge in [0.25, 0.3) is 5.69 Å². The Morgan fingerprint density at radius 2 is 1.40 bits per heavy atom. The van der Waals surface area contributed by atoms with Gasteiger partial charge in [-0.25, -0.2) is 4.79 Å². The summed E-state index contributed by atoms with van der Waals surface area (Å²) in [5, 5.41) is 74.9. The molecule has 0 aliphatic carbocycles. The molecule has 1 aromatic carbocycles. The van der Waals surface area contributed by atoms with Crippen LogP contribution in [0.5, 0.6) is 23.0 Å². The third-order valence-corrected chi connectivity index (χ3v) is 2.73. The van der Waals surface area contributed by atoms with E-state index >= 15 is 0 Å². The van der Waals surface area contributed by atoms with Crippen LogP contribution in [0.25, 0.3) is 5.76 Å². The molecule has 0 fully saturated rings. The molecule has 0 atom stereocenters. The minimum Gasteiger partial charge on any atom is -0.503 e. The first-order valence-corrected chi connectivity index (χ1v) is 4.81. The molecule has 1 aliphatic heterocycles. The largest absolute Gasteiger partial charge is 0.503 e. The van der Waals surface area contributed by atoms with E-state index in [1.165, 1.54) is 0 Å². The standard InChI is InChI=1S/C9H7NO10/c11-4-1-2(6(13)8(15)7(14)5(1)12)10(17,18)3(4)9(16)20-19/h17-18H,(H5-,11,12,13,14,15,19)/p+1. The van der Waals surface area contributed by atoms with E-state index in [1.54, 1.807) is 0 Å². The van der Waals surface area contributed by atoms with Crippen molar-refractivity contribution in [3.05, 3.63) is 11.3 Å². The second kappa shape index (κ2) is 3.88. The van der Waals surface area contributed by atoms with Crippen LogP contribution in [0.15, 0.2) is 5.70 Å². The molecule has 108 valence electrons. The van der Waals surface area contributed by atoms with Crippen molar-refractivity contribution in [1.29, 1.82) is 0 Å². The van der Waals surface area contributed by atoms with Gasteiger partial charge in [0.05, 0.1) is 0 Å². The fourth-order valence-corrected chi connectivity index (χ4v) is 1.86. The quantitative estimate of drug-likeness (QED) is 0.113. The highest BCUT2D eigenvalue weighted by Gasteiger charge is 2.57. The van der Waals surface area contributed by atoms with E-state index in [2.05, 4.69) is 4.89 Å². The van der Waals surface area contributed by atoms with Gasteiger partial charge >= 0.3 is 11.7 Å². The molecule has 0 spiro atoms. The summed E-state index contributed by atoms with van der Waals surface area (Å²) in [6.45, 7) is 0. The van der Waals surface area contributed by atoms with Crippen molar-refractivity contribution in [1.82, 2.24) is 4.81 Å². The summed E-state index contributed by atoms with van der Waals surface area (Å²) >= 11 is 0. The van der Waals surface area contributed by atoms with Gasteiger partial charge in [-0.3, -0.25) is 4.89 Å². The Morgan fingerprint density at radius 3 is 1.90 bits per heavy atom. The van der Waals surface area contributed by atoms with Crippen LogP contribution >= 0.6 is 0 Å². The number of carbonyl (C=O) groups is 1. The van der Waals surface area contributed by atoms with Gasteiger partial charge in [-0.05, 0) is 0 Å². The second-order valence-electron chi connectivity index (χ2n) is 3.80. The molecule has 1 aliphatic rings. The number of hydroxylamine groups is 2. The van der Waals surface area contributed by atoms with Crippen molar-refractivity contribution < 1.29 is 50.9 Å². The molecule has 1 heterocycles. The first-order chi connectivity index (χ1) is 9.16. The number of phenols is 4. The number of rotatable bonds is 1. The van der Waals surface area contributed by atoms with Crippen LogP contribution in [-0.4, -0.2) is 47.2 Å². The Hall–Kier alpha value is -2.73. The van der Waals surface area contributed by atoms with Gasteiger partial charge < -0.3 is 25.5 Å². The maximum atomic E-state index is 11.2. The third-order valence-electron chi connectivity index (χ3n) is 2.73. The number of quaternary nitrogens is 1. The number of phenolic OH excluding ortho intramolecular Hbond substituents is 4. The van der Waals surface area contributed by atoms with E-state index in [9.17, 15) is 40.7 Å². The molecule has 11 heteroatoms. The van der Waals surface area contributed by atoms with E-state index in [-0.39, 0.29) is 0 Å². The molecule has 0 unspecified atom stereocenters. The lowest BCUT2D eigenvalue weighted by molar-refractivity contribution is -0.276. The van der Waals surface area contributed by atoms with Crippen molar-refractivity contribution in [3.63, 3.8) is 0 Å². The first kappa shape index (κ1) is 13.7. The number of nitrogens with zero attached hydrogens (tertiary/aromatic N) is 1. The van der Waals surface area contributed by atoms with Gasteiger partial charge in [0.15, 0.2) is 5.75 Å². The van der Waals surface area contributed by atoms with Gasteiger partial charge in [0, 0.05) is 4.81 Å². The van der Waals surface area contributed by atoms with Crippen LogP contribution < -0.4 is 4.81 Å². The number of carbonyl (C=O) groups excluding carboxylic acids is 1. The highest BCUT2D eigenvalue weighted by molar-refractivity contribution is 6.04. The zero-order valence-corrected chi connectivity index (χ0v) is 9.34. The lowest BCUT2D eigenvalue weighted by Gasteiger charge is -2.17. The van der Waals surface area contributed by atoms with Crippen LogP contribution in [0.2, 0.25) is 0 Å². The molecule has 0 amide bonds.